The van der Waals surface area contributed by atoms with E-state index in [0.29, 0.717) is 22.6 Å². The van der Waals surface area contributed by atoms with E-state index < -0.39 is 23.7 Å². The van der Waals surface area contributed by atoms with E-state index in [1.807, 2.05) is 19.9 Å². The lowest BCUT2D eigenvalue weighted by atomic mass is 9.95. The van der Waals surface area contributed by atoms with Crippen LogP contribution in [-0.4, -0.2) is 41.0 Å². The van der Waals surface area contributed by atoms with Crippen LogP contribution in [0.25, 0.3) is 5.76 Å². The highest BCUT2D eigenvalue weighted by Gasteiger charge is 2.48. The third-order valence-corrected chi connectivity index (χ3v) is 6.56. The van der Waals surface area contributed by atoms with Gasteiger partial charge in [0.1, 0.15) is 16.4 Å². The Kier molecular flexibility index (Phi) is 6.70. The zero-order chi connectivity index (χ0) is 25.3. The summed E-state index contributed by atoms with van der Waals surface area (Å²) in [4.78, 5) is 44.4. The number of nitrogens with zero attached hydrogens (tertiary/aromatic N) is 2. The molecule has 2 aromatic carbocycles. The summed E-state index contributed by atoms with van der Waals surface area (Å²) in [5.41, 5.74) is 1.29. The molecule has 1 aliphatic heterocycles. The van der Waals surface area contributed by atoms with Gasteiger partial charge < -0.3 is 14.6 Å². The van der Waals surface area contributed by atoms with Crippen molar-refractivity contribution < 1.29 is 29.0 Å². The molecule has 35 heavy (non-hydrogen) atoms. The lowest BCUT2D eigenvalue weighted by Gasteiger charge is -2.23. The number of aliphatic hydroxyl groups excluding tert-OH is 1. The van der Waals surface area contributed by atoms with E-state index in [-0.39, 0.29) is 27.4 Å². The van der Waals surface area contributed by atoms with Crippen LogP contribution in [0.3, 0.4) is 0 Å². The van der Waals surface area contributed by atoms with Gasteiger partial charge in [0.25, 0.3) is 5.78 Å². The quantitative estimate of drug-likeness (QED) is 0.231. The molecule has 0 saturated carbocycles. The normalized spacial score (nSPS) is 17.2. The van der Waals surface area contributed by atoms with Gasteiger partial charge >= 0.3 is 11.9 Å². The number of Topliss-reactive ketones (excluding diaryl/α,β-unsaturated/α-hetero) is 1. The number of ether oxygens (including phenoxy) is 2. The molecule has 4 rings (SSSR count). The molecule has 1 saturated heterocycles. The van der Waals surface area contributed by atoms with Crippen LogP contribution in [0.15, 0.2) is 60.2 Å². The van der Waals surface area contributed by atoms with Crippen molar-refractivity contribution in [2.45, 2.75) is 32.9 Å². The number of esters is 1. The molecule has 3 aromatic rings. The fourth-order valence-corrected chi connectivity index (χ4v) is 4.88. The second-order valence-corrected chi connectivity index (χ2v) is 9.15. The average Bonchev–Trinajstić information content (AvgIpc) is 3.35. The summed E-state index contributed by atoms with van der Waals surface area (Å²) in [6.45, 7) is 5.43. The first-order chi connectivity index (χ1) is 16.7. The van der Waals surface area contributed by atoms with E-state index in [1.165, 1.54) is 12.0 Å². The molecular weight excluding hydrogens is 468 g/mol. The smallest absolute Gasteiger partial charge is 0.350 e. The Morgan fingerprint density at radius 3 is 2.34 bits per heavy atom. The highest BCUT2D eigenvalue weighted by molar-refractivity contribution is 7.17. The third kappa shape index (κ3) is 4.54. The maximum Gasteiger partial charge on any atom is 0.350 e. The van der Waals surface area contributed by atoms with Crippen LogP contribution >= 0.6 is 11.3 Å². The minimum absolute atomic E-state index is 0.0190. The van der Waals surface area contributed by atoms with E-state index >= 15 is 0 Å². The van der Waals surface area contributed by atoms with Gasteiger partial charge in [-0.05, 0) is 50.6 Å². The highest BCUT2D eigenvalue weighted by atomic mass is 32.1. The largest absolute Gasteiger partial charge is 0.507 e. The predicted octanol–water partition coefficient (Wildman–Crippen LogP) is 4.65. The maximum absolute atomic E-state index is 13.2. The van der Waals surface area contributed by atoms with Crippen LogP contribution in [0, 0.1) is 6.92 Å². The number of aliphatic hydroxyl groups is 1. The molecule has 0 aliphatic carbocycles. The first-order valence-electron chi connectivity index (χ1n) is 10.9. The summed E-state index contributed by atoms with van der Waals surface area (Å²) < 4.78 is 10.5. The highest BCUT2D eigenvalue weighted by Crippen LogP contribution is 2.43. The van der Waals surface area contributed by atoms with Gasteiger partial charge in [0, 0.05) is 5.56 Å². The number of methoxy groups -OCH3 is 1. The Labute approximate surface area is 206 Å². The van der Waals surface area contributed by atoms with Crippen LogP contribution in [0.4, 0.5) is 5.13 Å². The summed E-state index contributed by atoms with van der Waals surface area (Å²) >= 11 is 0.957. The number of ketones is 1. The maximum atomic E-state index is 13.2. The molecule has 0 spiro atoms. The van der Waals surface area contributed by atoms with Crippen molar-refractivity contribution in [1.82, 2.24) is 4.98 Å². The van der Waals surface area contributed by atoms with Crippen LogP contribution in [0.2, 0.25) is 0 Å². The molecule has 1 unspecified atom stereocenters. The second kappa shape index (κ2) is 9.71. The van der Waals surface area contributed by atoms with Crippen molar-refractivity contribution in [2.75, 3.05) is 12.0 Å². The van der Waals surface area contributed by atoms with Crippen molar-refractivity contribution in [3.8, 4) is 5.75 Å². The van der Waals surface area contributed by atoms with Crippen molar-refractivity contribution in [1.29, 1.82) is 0 Å². The average molecular weight is 493 g/mol. The third-order valence-electron chi connectivity index (χ3n) is 5.42. The number of anilines is 1. The van der Waals surface area contributed by atoms with Crippen molar-refractivity contribution in [2.24, 2.45) is 0 Å². The molecule has 1 aromatic heterocycles. The summed E-state index contributed by atoms with van der Waals surface area (Å²) in [5.74, 6) is -1.96. The molecule has 1 N–H and O–H groups in total. The molecule has 1 aliphatic rings. The van der Waals surface area contributed by atoms with Gasteiger partial charge in [-0.3, -0.25) is 14.5 Å². The molecule has 9 heteroatoms. The number of hydrogen-bond acceptors (Lipinski definition) is 8. The minimum Gasteiger partial charge on any atom is -0.507 e. The predicted molar refractivity (Wildman–Crippen MR) is 132 cm³/mol. The van der Waals surface area contributed by atoms with E-state index in [1.54, 1.807) is 55.5 Å². The Balaban J connectivity index is 1.85. The van der Waals surface area contributed by atoms with E-state index in [0.717, 1.165) is 11.3 Å². The molecular formula is C26H24N2O6S. The molecule has 1 atom stereocenters. The van der Waals surface area contributed by atoms with Gasteiger partial charge in [0.15, 0.2) is 5.13 Å². The summed E-state index contributed by atoms with van der Waals surface area (Å²) in [6, 6.07) is 14.6. The monoisotopic (exact) mass is 492 g/mol. The standard InChI is InChI=1S/C26H24N2O6S/c1-14(2)34-18-12-10-17(11-13-18)21(29)19-20(16-8-6-5-7-9-16)28(24(31)22(19)30)26-27-15(3)23(35-26)25(32)33-4/h5-14,20,29H,1-4H3/b21-19-. The van der Waals surface area contributed by atoms with Gasteiger partial charge in [-0.2, -0.15) is 0 Å². The van der Waals surface area contributed by atoms with Gasteiger partial charge in [-0.15, -0.1) is 0 Å². The van der Waals surface area contributed by atoms with Crippen LogP contribution in [-0.2, 0) is 14.3 Å². The minimum atomic E-state index is -0.932. The number of hydrogen-bond donors (Lipinski definition) is 1. The summed E-state index contributed by atoms with van der Waals surface area (Å²) in [6.07, 6.45) is -0.0190. The molecule has 180 valence electrons. The molecule has 1 amide bonds. The topological polar surface area (TPSA) is 106 Å². The first kappa shape index (κ1) is 24.2. The number of thiazole rings is 1. The van der Waals surface area contributed by atoms with Crippen LogP contribution in [0.5, 0.6) is 5.75 Å². The van der Waals surface area contributed by atoms with E-state index in [4.69, 9.17) is 9.47 Å². The molecule has 2 heterocycles. The van der Waals surface area contributed by atoms with Gasteiger partial charge in [0.2, 0.25) is 0 Å². The number of aryl methyl sites for hydroxylation is 1. The fourth-order valence-electron chi connectivity index (χ4n) is 3.87. The molecule has 8 nitrogen and oxygen atoms in total. The Bertz CT molecular complexity index is 1310. The number of rotatable bonds is 6. The Morgan fingerprint density at radius 2 is 1.74 bits per heavy atom. The Hall–Kier alpha value is -3.98. The van der Waals surface area contributed by atoms with Crippen LogP contribution < -0.4 is 9.64 Å². The second-order valence-electron chi connectivity index (χ2n) is 8.17. The lowest BCUT2D eigenvalue weighted by Crippen LogP contribution is -2.29. The van der Waals surface area contributed by atoms with Crippen molar-refractivity contribution >= 4 is 39.9 Å². The molecule has 1 fully saturated rings. The Morgan fingerprint density at radius 1 is 1.09 bits per heavy atom. The van der Waals surface area contributed by atoms with Gasteiger partial charge in [0.05, 0.1) is 30.5 Å². The number of carbonyl (C=O) groups excluding carboxylic acids is 3. The number of benzene rings is 2. The van der Waals surface area contributed by atoms with E-state index in [9.17, 15) is 19.5 Å². The van der Waals surface area contributed by atoms with Crippen molar-refractivity contribution in [3.63, 3.8) is 0 Å². The molecule has 0 radical (unpaired) electrons. The van der Waals surface area contributed by atoms with Crippen molar-refractivity contribution in [3.05, 3.63) is 81.9 Å². The molecule has 0 bridgehead atoms. The lowest BCUT2D eigenvalue weighted by molar-refractivity contribution is -0.132. The van der Waals surface area contributed by atoms with Gasteiger partial charge in [-0.1, -0.05) is 41.7 Å². The summed E-state index contributed by atoms with van der Waals surface area (Å²) in [7, 11) is 1.26. The van der Waals surface area contributed by atoms with Crippen LogP contribution in [0.1, 0.15) is 46.4 Å². The van der Waals surface area contributed by atoms with E-state index in [2.05, 4.69) is 4.98 Å². The summed E-state index contributed by atoms with van der Waals surface area (Å²) in [5, 5.41) is 11.4. The zero-order valence-electron chi connectivity index (χ0n) is 19.6. The van der Waals surface area contributed by atoms with Gasteiger partial charge in [-0.25, -0.2) is 9.78 Å². The number of carbonyl (C=O) groups is 3. The SMILES string of the molecule is COC(=O)c1sc(N2C(=O)C(=O)/C(=C(\O)c3ccc(OC(C)C)cc3)C2c2ccccc2)nc1C. The number of aromatic nitrogens is 1. The number of amides is 1. The fraction of sp³-hybridized carbons (Fsp3) is 0.231. The zero-order valence-corrected chi connectivity index (χ0v) is 20.5. The first-order valence-corrected chi connectivity index (χ1v) is 11.7.